The Morgan fingerprint density at radius 3 is 2.52 bits per heavy atom. The van der Waals surface area contributed by atoms with Crippen molar-refractivity contribution in [1.82, 2.24) is 5.32 Å². The van der Waals surface area contributed by atoms with Gasteiger partial charge in [-0.1, -0.05) is 12.5 Å². The molecule has 1 aromatic rings. The molecule has 0 radical (unpaired) electrons. The molecule has 1 aliphatic rings. The smallest absolute Gasteiger partial charge is 0.311 e. The summed E-state index contributed by atoms with van der Waals surface area (Å²) in [5.74, 6) is -0.477. The average Bonchev–Trinajstić information content (AvgIpc) is 2.38. The van der Waals surface area contributed by atoms with E-state index in [1.165, 1.54) is 5.56 Å². The number of hydrogen-bond acceptors (Lipinski definition) is 3. The second-order valence-corrected chi connectivity index (χ2v) is 5.75. The van der Waals surface area contributed by atoms with Crippen LogP contribution in [0.2, 0.25) is 0 Å². The van der Waals surface area contributed by atoms with E-state index in [1.54, 1.807) is 0 Å². The summed E-state index contributed by atoms with van der Waals surface area (Å²) in [6.07, 6.45) is 2.16. The number of aliphatic carboxylic acids is 1. The summed E-state index contributed by atoms with van der Waals surface area (Å²) >= 11 is 0. The van der Waals surface area contributed by atoms with Gasteiger partial charge in [0.2, 0.25) is 0 Å². The number of benzene rings is 1. The van der Waals surface area contributed by atoms with Gasteiger partial charge in [0.1, 0.15) is 5.75 Å². The van der Waals surface area contributed by atoms with Crippen LogP contribution in [0.15, 0.2) is 18.2 Å². The summed E-state index contributed by atoms with van der Waals surface area (Å²) in [5, 5.41) is 11.8. The van der Waals surface area contributed by atoms with E-state index in [1.807, 2.05) is 32.0 Å². The Hall–Kier alpha value is -2.04. The molecule has 5 nitrogen and oxygen atoms in total. The number of nitrogens with one attached hydrogen (secondary N) is 1. The van der Waals surface area contributed by atoms with Crippen LogP contribution in [0.3, 0.4) is 0 Å². The first-order valence-electron chi connectivity index (χ1n) is 7.13. The number of hydrogen-bond donors (Lipinski definition) is 2. The van der Waals surface area contributed by atoms with E-state index in [2.05, 4.69) is 5.32 Å². The van der Waals surface area contributed by atoms with Crippen molar-refractivity contribution in [3.05, 3.63) is 29.3 Å². The second kappa shape index (κ2) is 6.16. The van der Waals surface area contributed by atoms with Crippen molar-refractivity contribution in [3.63, 3.8) is 0 Å². The Kier molecular flexibility index (Phi) is 4.50. The molecule has 0 bridgehead atoms. The zero-order chi connectivity index (χ0) is 15.5. The predicted molar refractivity (Wildman–Crippen MR) is 78.3 cm³/mol. The highest BCUT2D eigenvalue weighted by Gasteiger charge is 2.44. The lowest BCUT2D eigenvalue weighted by atomic mass is 9.69. The number of carbonyl (C=O) groups excluding carboxylic acids is 1. The Balaban J connectivity index is 1.79. The number of carboxylic acids is 1. The van der Waals surface area contributed by atoms with Crippen molar-refractivity contribution >= 4 is 11.9 Å². The zero-order valence-corrected chi connectivity index (χ0v) is 12.4. The Morgan fingerprint density at radius 1 is 1.29 bits per heavy atom. The molecule has 0 aromatic heterocycles. The van der Waals surface area contributed by atoms with Crippen molar-refractivity contribution in [1.29, 1.82) is 0 Å². The van der Waals surface area contributed by atoms with Crippen molar-refractivity contribution in [2.24, 2.45) is 5.41 Å². The Morgan fingerprint density at radius 2 is 2.00 bits per heavy atom. The van der Waals surface area contributed by atoms with Crippen LogP contribution >= 0.6 is 0 Å². The molecule has 0 heterocycles. The lowest BCUT2D eigenvalue weighted by molar-refractivity contribution is -0.154. The van der Waals surface area contributed by atoms with Crippen LogP contribution in [0.5, 0.6) is 5.75 Å². The van der Waals surface area contributed by atoms with E-state index in [4.69, 9.17) is 4.74 Å². The first kappa shape index (κ1) is 15.4. The van der Waals surface area contributed by atoms with Crippen LogP contribution < -0.4 is 10.1 Å². The molecule has 1 amide bonds. The van der Waals surface area contributed by atoms with E-state index in [-0.39, 0.29) is 19.1 Å². The van der Waals surface area contributed by atoms with Gasteiger partial charge in [-0.3, -0.25) is 9.59 Å². The first-order valence-corrected chi connectivity index (χ1v) is 7.13. The fourth-order valence-corrected chi connectivity index (χ4v) is 2.34. The summed E-state index contributed by atoms with van der Waals surface area (Å²) in [6.45, 7) is 4.07. The highest BCUT2D eigenvalue weighted by Crippen LogP contribution is 2.40. The minimum absolute atomic E-state index is 0.0990. The summed E-state index contributed by atoms with van der Waals surface area (Å²) in [4.78, 5) is 22.9. The fraction of sp³-hybridized carbons (Fsp3) is 0.500. The highest BCUT2D eigenvalue weighted by atomic mass is 16.5. The number of carboxylic acid groups (broad SMARTS) is 1. The highest BCUT2D eigenvalue weighted by molar-refractivity contribution is 5.80. The van der Waals surface area contributed by atoms with E-state index in [0.717, 1.165) is 12.0 Å². The molecule has 114 valence electrons. The predicted octanol–water partition coefficient (Wildman–Crippen LogP) is 2.05. The molecule has 0 aliphatic heterocycles. The molecule has 1 saturated carbocycles. The number of amides is 1. The van der Waals surface area contributed by atoms with Crippen LogP contribution in [-0.4, -0.2) is 30.1 Å². The van der Waals surface area contributed by atoms with Gasteiger partial charge in [0.05, 0.1) is 5.41 Å². The Bertz CT molecular complexity index is 549. The Labute approximate surface area is 124 Å². The molecule has 1 aromatic carbocycles. The van der Waals surface area contributed by atoms with Gasteiger partial charge in [-0.25, -0.2) is 0 Å². The van der Waals surface area contributed by atoms with Gasteiger partial charge < -0.3 is 15.2 Å². The zero-order valence-electron chi connectivity index (χ0n) is 12.4. The monoisotopic (exact) mass is 291 g/mol. The van der Waals surface area contributed by atoms with Crippen LogP contribution in [0.25, 0.3) is 0 Å². The molecule has 0 atom stereocenters. The minimum atomic E-state index is -0.830. The summed E-state index contributed by atoms with van der Waals surface area (Å²) < 4.78 is 5.42. The van der Waals surface area contributed by atoms with Crippen molar-refractivity contribution in [2.45, 2.75) is 33.1 Å². The molecular weight excluding hydrogens is 270 g/mol. The fourth-order valence-electron chi connectivity index (χ4n) is 2.34. The molecule has 0 unspecified atom stereocenters. The number of aryl methyl sites for hydroxylation is 2. The summed E-state index contributed by atoms with van der Waals surface area (Å²) in [7, 11) is 0. The van der Waals surface area contributed by atoms with E-state index in [9.17, 15) is 14.7 Å². The lowest BCUT2D eigenvalue weighted by Crippen LogP contribution is -2.48. The maximum Gasteiger partial charge on any atom is 0.311 e. The average molecular weight is 291 g/mol. The maximum absolute atomic E-state index is 11.7. The van der Waals surface area contributed by atoms with Crippen LogP contribution in [0, 0.1) is 19.3 Å². The molecule has 0 spiro atoms. The third-order valence-corrected chi connectivity index (χ3v) is 4.24. The quantitative estimate of drug-likeness (QED) is 0.841. The lowest BCUT2D eigenvalue weighted by Gasteiger charge is -2.37. The van der Waals surface area contributed by atoms with E-state index >= 15 is 0 Å². The van der Waals surface area contributed by atoms with Crippen LogP contribution in [0.4, 0.5) is 0 Å². The largest absolute Gasteiger partial charge is 0.484 e. The van der Waals surface area contributed by atoms with Gasteiger partial charge in [0, 0.05) is 6.54 Å². The standard InChI is InChI=1S/C16H21NO4/c1-11-4-5-13(8-12(11)2)21-9-14(18)17-10-16(15(19)20)6-3-7-16/h4-5,8H,3,6-7,9-10H2,1-2H3,(H,17,18)(H,19,20). The molecule has 21 heavy (non-hydrogen) atoms. The van der Waals surface area contributed by atoms with Gasteiger partial charge in [-0.2, -0.15) is 0 Å². The summed E-state index contributed by atoms with van der Waals surface area (Å²) in [6, 6.07) is 5.64. The van der Waals surface area contributed by atoms with Gasteiger partial charge in [-0.05, 0) is 49.9 Å². The second-order valence-electron chi connectivity index (χ2n) is 5.75. The number of ether oxygens (including phenoxy) is 1. The third-order valence-electron chi connectivity index (χ3n) is 4.24. The third kappa shape index (κ3) is 3.54. The summed E-state index contributed by atoms with van der Waals surface area (Å²) in [5.41, 5.74) is 1.50. The molecule has 2 N–H and O–H groups in total. The molecule has 2 rings (SSSR count). The molecule has 1 aliphatic carbocycles. The molecular formula is C16H21NO4. The van der Waals surface area contributed by atoms with Crippen LogP contribution in [-0.2, 0) is 9.59 Å². The molecule has 0 saturated heterocycles. The van der Waals surface area contributed by atoms with Gasteiger partial charge >= 0.3 is 5.97 Å². The SMILES string of the molecule is Cc1ccc(OCC(=O)NCC2(C(=O)O)CCC2)cc1C. The van der Waals surface area contributed by atoms with E-state index < -0.39 is 11.4 Å². The van der Waals surface area contributed by atoms with E-state index in [0.29, 0.717) is 18.6 Å². The topological polar surface area (TPSA) is 75.6 Å². The minimum Gasteiger partial charge on any atom is -0.484 e. The number of rotatable bonds is 6. The molecule has 5 heteroatoms. The van der Waals surface area contributed by atoms with Crippen molar-refractivity contribution in [3.8, 4) is 5.75 Å². The molecule has 1 fully saturated rings. The normalized spacial score (nSPS) is 15.9. The van der Waals surface area contributed by atoms with Gasteiger partial charge in [-0.15, -0.1) is 0 Å². The van der Waals surface area contributed by atoms with Gasteiger partial charge in [0.25, 0.3) is 5.91 Å². The first-order chi connectivity index (χ1) is 9.93. The van der Waals surface area contributed by atoms with Gasteiger partial charge in [0.15, 0.2) is 6.61 Å². The number of carbonyl (C=O) groups is 2. The van der Waals surface area contributed by atoms with Crippen LogP contribution in [0.1, 0.15) is 30.4 Å². The van der Waals surface area contributed by atoms with Crippen molar-refractivity contribution in [2.75, 3.05) is 13.2 Å². The van der Waals surface area contributed by atoms with Crippen molar-refractivity contribution < 1.29 is 19.4 Å². The maximum atomic E-state index is 11.7.